The van der Waals surface area contributed by atoms with Crippen LogP contribution in [0.3, 0.4) is 0 Å². The van der Waals surface area contributed by atoms with Gasteiger partial charge in [-0.2, -0.15) is 0 Å². The number of nitrogens with zero attached hydrogens (tertiary/aromatic N) is 1. The summed E-state index contributed by atoms with van der Waals surface area (Å²) in [6, 6.07) is 9.29. The lowest BCUT2D eigenvalue weighted by Crippen LogP contribution is -2.43. The first-order chi connectivity index (χ1) is 10.3. The van der Waals surface area contributed by atoms with Gasteiger partial charge in [0, 0.05) is 12.6 Å². The second kappa shape index (κ2) is 6.50. The maximum absolute atomic E-state index is 6.16. The average molecular weight is 286 g/mol. The first-order valence-electron chi connectivity index (χ1n) is 8.80. The molecule has 1 aliphatic heterocycles. The van der Waals surface area contributed by atoms with Crippen molar-refractivity contribution >= 4 is 0 Å². The molecular weight excluding hydrogens is 256 g/mol. The van der Waals surface area contributed by atoms with E-state index in [1.165, 1.54) is 62.7 Å². The van der Waals surface area contributed by atoms with Gasteiger partial charge < -0.3 is 5.73 Å². The molecule has 1 aromatic rings. The maximum atomic E-state index is 6.16. The Kier molecular flexibility index (Phi) is 4.66. The summed E-state index contributed by atoms with van der Waals surface area (Å²) in [5.41, 5.74) is 9.79. The van der Waals surface area contributed by atoms with Crippen molar-refractivity contribution in [3.05, 3.63) is 35.4 Å². The molecule has 2 aliphatic rings. The molecule has 1 saturated carbocycles. The predicted molar refractivity (Wildman–Crippen MR) is 89.3 cm³/mol. The van der Waals surface area contributed by atoms with E-state index in [1.54, 1.807) is 0 Å². The zero-order valence-electron chi connectivity index (χ0n) is 13.5. The number of hydrogen-bond acceptors (Lipinski definition) is 2. The highest BCUT2D eigenvalue weighted by molar-refractivity contribution is 5.30. The van der Waals surface area contributed by atoms with Crippen LogP contribution in [0.1, 0.15) is 62.6 Å². The van der Waals surface area contributed by atoms with E-state index in [-0.39, 0.29) is 0 Å². The van der Waals surface area contributed by atoms with Crippen molar-refractivity contribution in [1.82, 2.24) is 4.90 Å². The van der Waals surface area contributed by atoms with Crippen molar-refractivity contribution in [2.75, 3.05) is 19.6 Å². The van der Waals surface area contributed by atoms with Gasteiger partial charge in [-0.25, -0.2) is 0 Å². The highest BCUT2D eigenvalue weighted by Crippen LogP contribution is 2.47. The van der Waals surface area contributed by atoms with Gasteiger partial charge in [0.15, 0.2) is 0 Å². The van der Waals surface area contributed by atoms with Crippen molar-refractivity contribution in [1.29, 1.82) is 0 Å². The Balaban J connectivity index is 1.72. The highest BCUT2D eigenvalue weighted by atomic mass is 15.2. The molecule has 3 rings (SSSR count). The molecule has 2 N–H and O–H groups in total. The molecule has 1 unspecified atom stereocenters. The first-order valence-corrected chi connectivity index (χ1v) is 8.80. The van der Waals surface area contributed by atoms with Crippen molar-refractivity contribution < 1.29 is 0 Å². The van der Waals surface area contributed by atoms with Crippen LogP contribution in [-0.2, 0) is 6.42 Å². The summed E-state index contributed by atoms with van der Waals surface area (Å²) < 4.78 is 0. The van der Waals surface area contributed by atoms with E-state index in [1.807, 2.05) is 0 Å². The Bertz CT molecular complexity index is 452. The summed E-state index contributed by atoms with van der Waals surface area (Å²) in [4.78, 5) is 2.65. The quantitative estimate of drug-likeness (QED) is 0.909. The monoisotopic (exact) mass is 286 g/mol. The van der Waals surface area contributed by atoms with Gasteiger partial charge in [0.1, 0.15) is 0 Å². The largest absolute Gasteiger partial charge is 0.329 e. The molecule has 0 bridgehead atoms. The zero-order chi connectivity index (χ0) is 14.7. The Morgan fingerprint density at radius 1 is 1.10 bits per heavy atom. The summed E-state index contributed by atoms with van der Waals surface area (Å²) in [5.74, 6) is 0. The van der Waals surface area contributed by atoms with Gasteiger partial charge in [0.05, 0.1) is 0 Å². The van der Waals surface area contributed by atoms with Crippen LogP contribution in [-0.4, -0.2) is 24.5 Å². The molecular formula is C19H30N2. The SMILES string of the molecule is CCc1ccccc1C(CN)N1CCC2(CCCC2)CC1. The van der Waals surface area contributed by atoms with Crippen LogP contribution in [0.2, 0.25) is 0 Å². The lowest BCUT2D eigenvalue weighted by molar-refractivity contribution is 0.0777. The molecule has 2 fully saturated rings. The van der Waals surface area contributed by atoms with E-state index < -0.39 is 0 Å². The van der Waals surface area contributed by atoms with Gasteiger partial charge >= 0.3 is 0 Å². The fourth-order valence-corrected chi connectivity index (χ4v) is 4.59. The number of likely N-dealkylation sites (tertiary alicyclic amines) is 1. The number of nitrogens with two attached hydrogens (primary N) is 1. The third-order valence-electron chi connectivity index (χ3n) is 5.98. The van der Waals surface area contributed by atoms with Crippen molar-refractivity contribution in [3.63, 3.8) is 0 Å². The normalized spacial score (nSPS) is 23.5. The van der Waals surface area contributed by atoms with E-state index >= 15 is 0 Å². The second-order valence-corrected chi connectivity index (χ2v) is 7.05. The lowest BCUT2D eigenvalue weighted by Gasteiger charge is -2.43. The summed E-state index contributed by atoms with van der Waals surface area (Å²) in [6.07, 6.45) is 9.73. The number of aryl methyl sites for hydroxylation is 1. The first kappa shape index (κ1) is 15.1. The summed E-state index contributed by atoms with van der Waals surface area (Å²) in [6.45, 7) is 5.46. The number of piperidine rings is 1. The summed E-state index contributed by atoms with van der Waals surface area (Å²) in [5, 5.41) is 0. The fourth-order valence-electron chi connectivity index (χ4n) is 4.59. The molecule has 1 aliphatic carbocycles. The lowest BCUT2D eigenvalue weighted by atomic mass is 9.76. The van der Waals surface area contributed by atoms with E-state index in [4.69, 9.17) is 5.73 Å². The van der Waals surface area contributed by atoms with Gasteiger partial charge in [-0.05, 0) is 61.7 Å². The summed E-state index contributed by atoms with van der Waals surface area (Å²) in [7, 11) is 0. The molecule has 1 atom stereocenters. The molecule has 1 heterocycles. The van der Waals surface area contributed by atoms with Crippen molar-refractivity contribution in [3.8, 4) is 0 Å². The molecule has 2 heteroatoms. The fraction of sp³-hybridized carbons (Fsp3) is 0.684. The predicted octanol–water partition coefficient (Wildman–Crippen LogP) is 3.91. The standard InChI is InChI=1S/C19H30N2/c1-2-16-7-3-4-8-17(16)18(15-20)21-13-11-19(12-14-21)9-5-6-10-19/h3-4,7-8,18H,2,5-6,9-15,20H2,1H3. The number of hydrogen-bond donors (Lipinski definition) is 1. The van der Waals surface area contributed by atoms with Crippen molar-refractivity contribution in [2.45, 2.75) is 57.9 Å². The Morgan fingerprint density at radius 3 is 2.38 bits per heavy atom. The topological polar surface area (TPSA) is 29.3 Å². The van der Waals surface area contributed by atoms with Crippen LogP contribution in [0.15, 0.2) is 24.3 Å². The number of benzene rings is 1. The van der Waals surface area contributed by atoms with Gasteiger partial charge in [-0.1, -0.05) is 44.0 Å². The zero-order valence-corrected chi connectivity index (χ0v) is 13.5. The number of rotatable bonds is 4. The molecule has 2 nitrogen and oxygen atoms in total. The van der Waals surface area contributed by atoms with Gasteiger partial charge in [0.2, 0.25) is 0 Å². The Hall–Kier alpha value is -0.860. The minimum atomic E-state index is 0.417. The van der Waals surface area contributed by atoms with Gasteiger partial charge in [-0.15, -0.1) is 0 Å². The van der Waals surface area contributed by atoms with Crippen LogP contribution in [0, 0.1) is 5.41 Å². The Labute approximate surface area is 129 Å². The van der Waals surface area contributed by atoms with Gasteiger partial charge in [-0.3, -0.25) is 4.90 Å². The van der Waals surface area contributed by atoms with Crippen LogP contribution < -0.4 is 5.73 Å². The van der Waals surface area contributed by atoms with Crippen molar-refractivity contribution in [2.24, 2.45) is 11.1 Å². The second-order valence-electron chi connectivity index (χ2n) is 7.05. The average Bonchev–Trinajstić information content (AvgIpc) is 2.99. The van der Waals surface area contributed by atoms with Crippen LogP contribution >= 0.6 is 0 Å². The molecule has 1 spiro atoms. The molecule has 0 amide bonds. The summed E-state index contributed by atoms with van der Waals surface area (Å²) >= 11 is 0. The molecule has 0 radical (unpaired) electrons. The highest BCUT2D eigenvalue weighted by Gasteiger charge is 2.38. The third kappa shape index (κ3) is 3.02. The molecule has 1 saturated heterocycles. The minimum absolute atomic E-state index is 0.417. The molecule has 1 aromatic carbocycles. The van der Waals surface area contributed by atoms with E-state index in [0.717, 1.165) is 13.0 Å². The van der Waals surface area contributed by atoms with E-state index in [2.05, 4.69) is 36.1 Å². The molecule has 116 valence electrons. The third-order valence-corrected chi connectivity index (χ3v) is 5.98. The van der Waals surface area contributed by atoms with E-state index in [0.29, 0.717) is 11.5 Å². The maximum Gasteiger partial charge on any atom is 0.0473 e. The Morgan fingerprint density at radius 2 is 1.76 bits per heavy atom. The van der Waals surface area contributed by atoms with Crippen LogP contribution in [0.4, 0.5) is 0 Å². The van der Waals surface area contributed by atoms with Crippen LogP contribution in [0.25, 0.3) is 0 Å². The van der Waals surface area contributed by atoms with Crippen LogP contribution in [0.5, 0.6) is 0 Å². The smallest absolute Gasteiger partial charge is 0.0473 e. The van der Waals surface area contributed by atoms with Gasteiger partial charge in [0.25, 0.3) is 0 Å². The molecule has 21 heavy (non-hydrogen) atoms. The van der Waals surface area contributed by atoms with E-state index in [9.17, 15) is 0 Å². The minimum Gasteiger partial charge on any atom is -0.329 e. The molecule has 0 aromatic heterocycles.